The summed E-state index contributed by atoms with van der Waals surface area (Å²) in [5.74, 6) is 1.23. The molecule has 2 atom stereocenters. The monoisotopic (exact) mass is 433 g/mol. The molecule has 1 amide bonds. The van der Waals surface area contributed by atoms with Gasteiger partial charge in [0.05, 0.1) is 34.7 Å². The van der Waals surface area contributed by atoms with Crippen LogP contribution in [0.1, 0.15) is 32.9 Å². The Bertz CT molecular complexity index is 1190. The van der Waals surface area contributed by atoms with Crippen molar-refractivity contribution in [1.29, 1.82) is 0 Å². The minimum absolute atomic E-state index is 0.254. The van der Waals surface area contributed by atoms with E-state index in [0.29, 0.717) is 18.2 Å². The fraction of sp³-hybridized carbons (Fsp3) is 0.417. The lowest BCUT2D eigenvalue weighted by Crippen LogP contribution is -2.32. The van der Waals surface area contributed by atoms with Gasteiger partial charge in [-0.15, -0.1) is 0 Å². The average molecular weight is 434 g/mol. The molecule has 2 unspecified atom stereocenters. The number of ether oxygens (including phenoxy) is 1. The number of aliphatic hydroxyl groups is 1. The summed E-state index contributed by atoms with van der Waals surface area (Å²) < 4.78 is 5.27. The number of fused-ring (bicyclic) bond motifs is 2. The highest BCUT2D eigenvalue weighted by atomic mass is 16.6. The Morgan fingerprint density at radius 3 is 2.81 bits per heavy atom. The second-order valence-corrected chi connectivity index (χ2v) is 9.69. The first-order valence-corrected chi connectivity index (χ1v) is 10.9. The Kier molecular flexibility index (Phi) is 4.78. The van der Waals surface area contributed by atoms with Gasteiger partial charge in [-0.3, -0.25) is 4.98 Å². The van der Waals surface area contributed by atoms with Crippen LogP contribution in [0.5, 0.6) is 0 Å². The van der Waals surface area contributed by atoms with Crippen LogP contribution in [0, 0.1) is 5.92 Å². The maximum atomic E-state index is 11.9. The third kappa shape index (κ3) is 4.23. The van der Waals surface area contributed by atoms with Gasteiger partial charge in [0.1, 0.15) is 11.4 Å². The number of carbonyl (C=O) groups is 1. The van der Waals surface area contributed by atoms with E-state index >= 15 is 0 Å². The molecule has 3 aromatic rings. The van der Waals surface area contributed by atoms with Crippen LogP contribution < -0.4 is 10.2 Å². The normalized spacial score (nSPS) is 22.0. The number of β-amino-alcohol motifs (C(OH)–C–C–N with tert-alkyl or cyclic N) is 1. The molecule has 166 valence electrons. The van der Waals surface area contributed by atoms with Gasteiger partial charge in [0.2, 0.25) is 0 Å². The van der Waals surface area contributed by atoms with E-state index in [1.807, 2.05) is 57.2 Å². The summed E-state index contributed by atoms with van der Waals surface area (Å²) in [5.41, 5.74) is 1.95. The molecule has 8 nitrogen and oxygen atoms in total. The molecule has 0 spiro atoms. The van der Waals surface area contributed by atoms with E-state index in [9.17, 15) is 9.90 Å². The summed E-state index contributed by atoms with van der Waals surface area (Å²) in [6.07, 6.45) is 2.17. The maximum absolute atomic E-state index is 11.9. The highest BCUT2D eigenvalue weighted by Crippen LogP contribution is 2.50. The molecule has 0 aromatic carbocycles. The van der Waals surface area contributed by atoms with E-state index < -0.39 is 17.3 Å². The number of aromatic nitrogens is 3. The van der Waals surface area contributed by atoms with Crippen molar-refractivity contribution in [1.82, 2.24) is 20.3 Å². The fourth-order valence-corrected chi connectivity index (χ4v) is 4.15. The number of rotatable bonds is 4. The van der Waals surface area contributed by atoms with Crippen LogP contribution in [-0.4, -0.2) is 50.4 Å². The minimum Gasteiger partial charge on any atom is -0.444 e. The van der Waals surface area contributed by atoms with Gasteiger partial charge in [-0.1, -0.05) is 6.07 Å². The number of alkyl carbamates (subject to hydrolysis) is 1. The molecule has 0 radical (unpaired) electrons. The van der Waals surface area contributed by atoms with Crippen LogP contribution in [0.4, 0.5) is 10.6 Å². The molecular formula is C24H27N5O3. The number of anilines is 1. The minimum atomic E-state index is -0.549. The number of hydrogen-bond donors (Lipinski definition) is 2. The number of piperidine rings is 1. The fourth-order valence-electron chi connectivity index (χ4n) is 4.15. The van der Waals surface area contributed by atoms with Crippen molar-refractivity contribution in [3.63, 3.8) is 0 Å². The molecule has 3 aromatic heterocycles. The number of nitrogens with one attached hydrogen (secondary N) is 1. The first-order valence-electron chi connectivity index (χ1n) is 10.9. The first kappa shape index (κ1) is 20.6. The van der Waals surface area contributed by atoms with Crippen molar-refractivity contribution >= 4 is 22.8 Å². The van der Waals surface area contributed by atoms with E-state index in [2.05, 4.69) is 15.2 Å². The molecule has 1 saturated heterocycles. The molecule has 0 bridgehead atoms. The van der Waals surface area contributed by atoms with Gasteiger partial charge in [-0.25, -0.2) is 14.8 Å². The molecule has 5 rings (SSSR count). The molecule has 1 saturated carbocycles. The van der Waals surface area contributed by atoms with Crippen molar-refractivity contribution in [3.8, 4) is 11.4 Å². The van der Waals surface area contributed by atoms with E-state index in [0.717, 1.165) is 41.1 Å². The predicted octanol–water partition coefficient (Wildman–Crippen LogP) is 3.29. The average Bonchev–Trinajstić information content (AvgIpc) is 3.26. The quantitative estimate of drug-likeness (QED) is 0.651. The molecule has 8 heteroatoms. The number of pyridine rings is 3. The second kappa shape index (κ2) is 7.41. The van der Waals surface area contributed by atoms with Crippen LogP contribution in [0.25, 0.3) is 22.3 Å². The largest absolute Gasteiger partial charge is 0.444 e. The highest BCUT2D eigenvalue weighted by Gasteiger charge is 2.59. The lowest BCUT2D eigenvalue weighted by molar-refractivity contribution is 0.0523. The van der Waals surface area contributed by atoms with Crippen LogP contribution in [0.3, 0.4) is 0 Å². The first-order chi connectivity index (χ1) is 15.2. The number of hydrogen-bond acceptors (Lipinski definition) is 7. The molecular weight excluding hydrogens is 406 g/mol. The van der Waals surface area contributed by atoms with Gasteiger partial charge >= 0.3 is 6.09 Å². The van der Waals surface area contributed by atoms with E-state index in [1.165, 1.54) is 0 Å². The summed E-state index contributed by atoms with van der Waals surface area (Å²) in [6, 6.07) is 11.7. The Morgan fingerprint density at radius 1 is 1.25 bits per heavy atom. The molecule has 4 heterocycles. The zero-order chi connectivity index (χ0) is 22.5. The molecule has 1 aliphatic heterocycles. The molecule has 1 aliphatic carbocycles. The summed E-state index contributed by atoms with van der Waals surface area (Å²) in [6.45, 7) is 7.21. The Balaban J connectivity index is 1.34. The van der Waals surface area contributed by atoms with Crippen molar-refractivity contribution < 1.29 is 14.6 Å². The number of carbonyl (C=O) groups excluding carboxylic acids is 1. The Labute approximate surface area is 186 Å². The lowest BCUT2D eigenvalue weighted by atomic mass is 10.2. The van der Waals surface area contributed by atoms with Gasteiger partial charge in [-0.2, -0.15) is 0 Å². The Morgan fingerprint density at radius 2 is 2.06 bits per heavy atom. The van der Waals surface area contributed by atoms with Crippen LogP contribution in [0.2, 0.25) is 0 Å². The molecule has 2 fully saturated rings. The van der Waals surface area contributed by atoms with Crippen molar-refractivity contribution in [2.24, 2.45) is 5.92 Å². The van der Waals surface area contributed by atoms with Crippen molar-refractivity contribution in [3.05, 3.63) is 48.3 Å². The number of nitrogens with zero attached hydrogens (tertiary/aromatic N) is 4. The zero-order valence-electron chi connectivity index (χ0n) is 18.5. The van der Waals surface area contributed by atoms with Gasteiger partial charge in [0.25, 0.3) is 0 Å². The third-order valence-electron chi connectivity index (χ3n) is 5.87. The topological polar surface area (TPSA) is 100 Å². The summed E-state index contributed by atoms with van der Waals surface area (Å²) >= 11 is 0. The predicted molar refractivity (Wildman–Crippen MR) is 121 cm³/mol. The second-order valence-electron chi connectivity index (χ2n) is 9.69. The lowest BCUT2D eigenvalue weighted by Gasteiger charge is -2.20. The van der Waals surface area contributed by atoms with Gasteiger partial charge < -0.3 is 20.1 Å². The van der Waals surface area contributed by atoms with Gasteiger partial charge in [0, 0.05) is 30.6 Å². The van der Waals surface area contributed by atoms with Gasteiger partial charge in [0.15, 0.2) is 0 Å². The van der Waals surface area contributed by atoms with Crippen molar-refractivity contribution in [2.45, 2.75) is 44.9 Å². The summed E-state index contributed by atoms with van der Waals surface area (Å²) in [7, 11) is 0. The molecule has 2 aliphatic rings. The van der Waals surface area contributed by atoms with E-state index in [1.54, 1.807) is 6.20 Å². The van der Waals surface area contributed by atoms with Gasteiger partial charge in [-0.05, 0) is 57.5 Å². The van der Waals surface area contributed by atoms with Crippen molar-refractivity contribution in [2.75, 3.05) is 18.0 Å². The standard InChI is InChI=1S/C24H27N5O3/c1-23(2,3)32-22(30)26-12-17-9-20-15(11-25-17)7-8-19(27-20)18-5-4-6-21(28-18)29-13-16-10-24(16,31)14-29/h4-9,11,16,31H,10,12-14H2,1-3H3,(H,26,30). The zero-order valence-corrected chi connectivity index (χ0v) is 18.5. The summed E-state index contributed by atoms with van der Waals surface area (Å²) in [5, 5.41) is 14.0. The van der Waals surface area contributed by atoms with Crippen LogP contribution in [-0.2, 0) is 11.3 Å². The van der Waals surface area contributed by atoms with E-state index in [4.69, 9.17) is 14.7 Å². The Hall–Kier alpha value is -3.26. The molecule has 2 N–H and O–H groups in total. The number of amides is 1. The van der Waals surface area contributed by atoms with E-state index in [-0.39, 0.29) is 6.54 Å². The SMILES string of the molecule is CC(C)(C)OC(=O)NCc1cc2nc(-c3cccc(N4CC5CC5(O)C4)n3)ccc2cn1. The summed E-state index contributed by atoms with van der Waals surface area (Å²) in [4.78, 5) is 28.0. The smallest absolute Gasteiger partial charge is 0.407 e. The van der Waals surface area contributed by atoms with Crippen LogP contribution in [0.15, 0.2) is 42.6 Å². The third-order valence-corrected chi connectivity index (χ3v) is 5.87. The highest BCUT2D eigenvalue weighted by molar-refractivity contribution is 5.81. The van der Waals surface area contributed by atoms with Crippen LogP contribution >= 0.6 is 0 Å². The maximum Gasteiger partial charge on any atom is 0.407 e. The molecule has 32 heavy (non-hydrogen) atoms.